The molecule has 1 amide bonds. The number of carbonyl (C=O) groups excluding carboxylic acids is 4. The fraction of sp³-hybridized carbons (Fsp3) is 0.357. The fourth-order valence-corrected chi connectivity index (χ4v) is 4.19. The number of hydrogen-bond acceptors (Lipinski definition) is 6. The molecule has 8 heteroatoms. The number of ether oxygens (including phenoxy) is 2. The Hall–Kier alpha value is -3.94. The minimum Gasteiger partial charge on any atom is -0.469 e. The van der Waals surface area contributed by atoms with E-state index in [1.165, 1.54) is 14.0 Å². The number of benzene rings is 2. The molecule has 0 atom stereocenters. The van der Waals surface area contributed by atoms with E-state index < -0.39 is 5.97 Å². The Balaban J connectivity index is 1.75. The second-order valence-electron chi connectivity index (χ2n) is 8.61. The molecule has 0 aliphatic rings. The molecule has 0 fully saturated rings. The van der Waals surface area contributed by atoms with Crippen molar-refractivity contribution in [3.05, 3.63) is 65.4 Å². The third kappa shape index (κ3) is 6.81. The molecule has 0 saturated heterocycles. The molecule has 2 aromatic carbocycles. The summed E-state index contributed by atoms with van der Waals surface area (Å²) in [5.74, 6) is -0.654. The second kappa shape index (κ2) is 12.7. The Morgan fingerprint density at radius 2 is 1.67 bits per heavy atom. The van der Waals surface area contributed by atoms with Gasteiger partial charge < -0.3 is 14.8 Å². The number of hydrogen-bond donors (Lipinski definition) is 1. The molecule has 0 spiro atoms. The van der Waals surface area contributed by atoms with Crippen LogP contribution in [0.3, 0.4) is 0 Å². The van der Waals surface area contributed by atoms with Crippen LogP contribution in [0.5, 0.6) is 5.75 Å². The lowest BCUT2D eigenvalue weighted by molar-refractivity contribution is -0.140. The maximum atomic E-state index is 13.3. The molecule has 8 nitrogen and oxygen atoms in total. The van der Waals surface area contributed by atoms with Gasteiger partial charge in [-0.3, -0.25) is 23.7 Å². The van der Waals surface area contributed by atoms with Crippen LogP contribution in [-0.4, -0.2) is 42.0 Å². The van der Waals surface area contributed by atoms with E-state index in [1.807, 2.05) is 13.0 Å². The minimum atomic E-state index is -0.447. The average molecular weight is 493 g/mol. The van der Waals surface area contributed by atoms with E-state index in [2.05, 4.69) is 10.1 Å². The number of aromatic nitrogens is 1. The summed E-state index contributed by atoms with van der Waals surface area (Å²) in [7, 11) is 1.38. The molecule has 36 heavy (non-hydrogen) atoms. The van der Waals surface area contributed by atoms with Gasteiger partial charge in [-0.15, -0.1) is 0 Å². The lowest BCUT2D eigenvalue weighted by atomic mass is 10.1. The molecular weight excluding hydrogens is 460 g/mol. The number of unbranched alkanes of at least 4 members (excludes halogenated alkanes) is 3. The number of carbonyl (C=O) groups is 4. The zero-order chi connectivity index (χ0) is 26.1. The highest BCUT2D eigenvalue weighted by molar-refractivity contribution is 6.05. The summed E-state index contributed by atoms with van der Waals surface area (Å²) in [4.78, 5) is 48.8. The Labute approximate surface area is 210 Å². The van der Waals surface area contributed by atoms with Crippen LogP contribution in [0.2, 0.25) is 0 Å². The van der Waals surface area contributed by atoms with Gasteiger partial charge in [0.15, 0.2) is 0 Å². The first kappa shape index (κ1) is 26.7. The number of rotatable bonds is 11. The monoisotopic (exact) mass is 492 g/mol. The van der Waals surface area contributed by atoms with E-state index >= 15 is 0 Å². The van der Waals surface area contributed by atoms with E-state index in [4.69, 9.17) is 4.74 Å². The van der Waals surface area contributed by atoms with Crippen molar-refractivity contribution in [3.8, 4) is 5.75 Å². The molecule has 0 aliphatic carbocycles. The van der Waals surface area contributed by atoms with Crippen LogP contribution < -0.4 is 10.1 Å². The van der Waals surface area contributed by atoms with Gasteiger partial charge in [0.1, 0.15) is 5.75 Å². The van der Waals surface area contributed by atoms with Gasteiger partial charge in [-0.05, 0) is 55.7 Å². The first-order valence-electron chi connectivity index (χ1n) is 12.1. The average Bonchev–Trinajstić information content (AvgIpc) is 3.13. The molecule has 0 saturated carbocycles. The molecule has 1 N–H and O–H groups in total. The maximum Gasteiger partial charge on any atom is 0.308 e. The quantitative estimate of drug-likeness (QED) is 0.243. The zero-order valence-corrected chi connectivity index (χ0v) is 21.0. The van der Waals surface area contributed by atoms with Gasteiger partial charge in [0.2, 0.25) is 5.91 Å². The van der Waals surface area contributed by atoms with Crippen molar-refractivity contribution in [3.63, 3.8) is 0 Å². The predicted molar refractivity (Wildman–Crippen MR) is 136 cm³/mol. The topological polar surface area (TPSA) is 104 Å². The van der Waals surface area contributed by atoms with E-state index in [0.717, 1.165) is 25.7 Å². The van der Waals surface area contributed by atoms with Crippen molar-refractivity contribution < 1.29 is 28.7 Å². The van der Waals surface area contributed by atoms with Crippen molar-refractivity contribution in [2.75, 3.05) is 13.7 Å². The largest absolute Gasteiger partial charge is 0.469 e. The van der Waals surface area contributed by atoms with Crippen molar-refractivity contribution in [1.82, 2.24) is 9.88 Å². The highest BCUT2D eigenvalue weighted by Crippen LogP contribution is 2.31. The molecule has 1 heterocycles. The molecule has 0 bridgehead atoms. The Kier molecular flexibility index (Phi) is 9.39. The smallest absolute Gasteiger partial charge is 0.308 e. The summed E-state index contributed by atoms with van der Waals surface area (Å²) < 4.78 is 11.5. The standard InChI is InChI=1S/C28H32N2O6/c1-19-23(18-26(32)29-16-10-5-4-9-13-27(33)35-3)24-17-22(36-20(2)31)14-15-25(24)30(19)28(34)21-11-7-6-8-12-21/h6-8,11-12,14-15,17H,4-5,9-10,13,16,18H2,1-3H3,(H,29,32). The van der Waals surface area contributed by atoms with Gasteiger partial charge in [0.05, 0.1) is 19.0 Å². The van der Waals surface area contributed by atoms with Gasteiger partial charge in [-0.1, -0.05) is 31.0 Å². The second-order valence-corrected chi connectivity index (χ2v) is 8.61. The molecule has 1 aromatic heterocycles. The normalized spacial score (nSPS) is 10.8. The van der Waals surface area contributed by atoms with E-state index in [0.29, 0.717) is 46.4 Å². The Morgan fingerprint density at radius 3 is 2.36 bits per heavy atom. The molecule has 0 radical (unpaired) electrons. The lowest BCUT2D eigenvalue weighted by Gasteiger charge is -2.08. The number of nitrogens with one attached hydrogen (secondary N) is 1. The van der Waals surface area contributed by atoms with Crippen LogP contribution >= 0.6 is 0 Å². The van der Waals surface area contributed by atoms with Crippen molar-refractivity contribution >= 4 is 34.7 Å². The van der Waals surface area contributed by atoms with Crippen LogP contribution in [0.15, 0.2) is 48.5 Å². The first-order valence-corrected chi connectivity index (χ1v) is 12.1. The summed E-state index contributed by atoms with van der Waals surface area (Å²) in [5, 5.41) is 3.63. The van der Waals surface area contributed by atoms with Crippen molar-refractivity contribution in [2.24, 2.45) is 0 Å². The van der Waals surface area contributed by atoms with E-state index in [1.54, 1.807) is 47.0 Å². The van der Waals surface area contributed by atoms with Crippen molar-refractivity contribution in [2.45, 2.75) is 52.4 Å². The molecule has 190 valence electrons. The van der Waals surface area contributed by atoms with Gasteiger partial charge in [0.25, 0.3) is 5.91 Å². The Morgan fingerprint density at radius 1 is 0.944 bits per heavy atom. The number of esters is 2. The third-order valence-corrected chi connectivity index (χ3v) is 5.99. The van der Waals surface area contributed by atoms with Gasteiger partial charge in [-0.2, -0.15) is 0 Å². The van der Waals surface area contributed by atoms with Gasteiger partial charge in [-0.25, -0.2) is 0 Å². The number of amides is 1. The minimum absolute atomic E-state index is 0.0866. The van der Waals surface area contributed by atoms with Gasteiger partial charge >= 0.3 is 11.9 Å². The van der Waals surface area contributed by atoms with Crippen LogP contribution in [-0.2, 0) is 25.5 Å². The first-order chi connectivity index (χ1) is 17.3. The summed E-state index contributed by atoms with van der Waals surface area (Å²) in [6.07, 6.45) is 3.84. The van der Waals surface area contributed by atoms with Gasteiger partial charge in [0, 0.05) is 36.5 Å². The summed E-state index contributed by atoms with van der Waals surface area (Å²) in [5.41, 5.74) is 2.55. The molecule has 3 aromatic rings. The third-order valence-electron chi connectivity index (χ3n) is 5.99. The van der Waals surface area contributed by atoms with Crippen molar-refractivity contribution in [1.29, 1.82) is 0 Å². The summed E-state index contributed by atoms with van der Waals surface area (Å²) in [6.45, 7) is 3.66. The Bertz CT molecular complexity index is 1250. The predicted octanol–water partition coefficient (Wildman–Crippen LogP) is 4.35. The maximum absolute atomic E-state index is 13.3. The zero-order valence-electron chi connectivity index (χ0n) is 21.0. The molecule has 0 aliphatic heterocycles. The number of fused-ring (bicyclic) bond motifs is 1. The molecule has 0 unspecified atom stereocenters. The SMILES string of the molecule is COC(=O)CCCCCCNC(=O)Cc1c(C)n(C(=O)c2ccccc2)c2ccc(OC(C)=O)cc12. The van der Waals surface area contributed by atoms with E-state index in [-0.39, 0.29) is 24.2 Å². The van der Waals surface area contributed by atoms with E-state index in [9.17, 15) is 19.2 Å². The molecular formula is C28H32N2O6. The highest BCUT2D eigenvalue weighted by Gasteiger charge is 2.22. The lowest BCUT2D eigenvalue weighted by Crippen LogP contribution is -2.26. The number of nitrogens with zero attached hydrogens (tertiary/aromatic N) is 1. The van der Waals surface area contributed by atoms with Crippen LogP contribution in [0.25, 0.3) is 10.9 Å². The number of methoxy groups -OCH3 is 1. The van der Waals surface area contributed by atoms with Crippen LogP contribution in [0.1, 0.15) is 60.6 Å². The van der Waals surface area contributed by atoms with Crippen LogP contribution in [0.4, 0.5) is 0 Å². The molecule has 3 rings (SSSR count). The van der Waals surface area contributed by atoms with Crippen LogP contribution in [0, 0.1) is 6.92 Å². The highest BCUT2D eigenvalue weighted by atomic mass is 16.5. The summed E-state index contributed by atoms with van der Waals surface area (Å²) in [6, 6.07) is 14.0. The summed E-state index contributed by atoms with van der Waals surface area (Å²) >= 11 is 0. The fourth-order valence-electron chi connectivity index (χ4n) is 4.19.